The van der Waals surface area contributed by atoms with Crippen LogP contribution in [0.2, 0.25) is 0 Å². The Morgan fingerprint density at radius 2 is 1.66 bits per heavy atom. The van der Waals surface area contributed by atoms with E-state index in [0.717, 1.165) is 17.9 Å². The van der Waals surface area contributed by atoms with Crippen LogP contribution in [0, 0.1) is 28.1 Å². The third-order valence-electron chi connectivity index (χ3n) is 5.86. The van der Waals surface area contributed by atoms with Gasteiger partial charge in [-0.3, -0.25) is 13.6 Å². The fraction of sp³-hybridized carbons (Fsp3) is 0.769. The molecule has 0 heterocycles. The molecule has 0 N–H and O–H groups in total. The second kappa shape index (κ2) is 18.5. The van der Waals surface area contributed by atoms with E-state index in [0.29, 0.717) is 12.8 Å². The summed E-state index contributed by atoms with van der Waals surface area (Å²) in [4.78, 5) is 0. The summed E-state index contributed by atoms with van der Waals surface area (Å²) in [5, 5.41) is 18.6. The lowest BCUT2D eigenvalue weighted by Gasteiger charge is -2.38. The number of nitriles is 2. The smallest absolute Gasteiger partial charge is 0.321 e. The second-order valence-corrected chi connectivity index (χ2v) is 13.6. The van der Waals surface area contributed by atoms with Crippen LogP contribution in [-0.4, -0.2) is 49.8 Å². The van der Waals surface area contributed by atoms with Gasteiger partial charge in [0.25, 0.3) is 8.53 Å². The van der Waals surface area contributed by atoms with Crippen LogP contribution < -0.4 is 0 Å². The van der Waals surface area contributed by atoms with Crippen molar-refractivity contribution in [1.82, 2.24) is 4.67 Å². The zero-order chi connectivity index (χ0) is 28.6. The van der Waals surface area contributed by atoms with Crippen molar-refractivity contribution in [3.05, 3.63) is 22.8 Å². The van der Waals surface area contributed by atoms with Crippen molar-refractivity contribution in [2.24, 2.45) is 5.41 Å². The second-order valence-electron chi connectivity index (χ2n) is 10.00. The molecule has 0 spiro atoms. The first-order chi connectivity index (χ1) is 18.0. The standard InChI is InChI=1S/C26H44ClN3O6P2/c1-7-26(6,20-33-37(32-16-9-14-28)30(22(2)3)23(4)5)21-36-38(31,35-18-10-15-29)34-17-8-11-24-12-13-25(27)19-24/h12-13,22-23H,7-11,16-21H2,1-6H3. The van der Waals surface area contributed by atoms with E-state index in [1.807, 2.05) is 32.1 Å². The Labute approximate surface area is 235 Å². The molecule has 3 unspecified atom stereocenters. The molecule has 0 aliphatic heterocycles. The van der Waals surface area contributed by atoms with Gasteiger partial charge >= 0.3 is 7.82 Å². The monoisotopic (exact) mass is 591 g/mol. The van der Waals surface area contributed by atoms with Crippen LogP contribution in [0.4, 0.5) is 0 Å². The molecule has 3 atom stereocenters. The molecule has 0 aromatic rings. The topological polar surface area (TPSA) is 114 Å². The molecule has 0 saturated carbocycles. The number of phosphoric ester groups is 1. The van der Waals surface area contributed by atoms with E-state index in [-0.39, 0.29) is 58.0 Å². The predicted molar refractivity (Wildman–Crippen MR) is 151 cm³/mol. The molecule has 0 aromatic heterocycles. The number of phosphoric acid groups is 1. The van der Waals surface area contributed by atoms with E-state index in [9.17, 15) is 4.57 Å². The lowest BCUT2D eigenvalue weighted by molar-refractivity contribution is 0.0423. The van der Waals surface area contributed by atoms with Crippen molar-refractivity contribution in [2.45, 2.75) is 92.2 Å². The van der Waals surface area contributed by atoms with Gasteiger partial charge in [-0.1, -0.05) is 37.1 Å². The summed E-state index contributed by atoms with van der Waals surface area (Å²) in [6.45, 7) is 13.1. The van der Waals surface area contributed by atoms with E-state index < -0.39 is 21.8 Å². The van der Waals surface area contributed by atoms with Crippen LogP contribution in [0.5, 0.6) is 0 Å². The first-order valence-corrected chi connectivity index (χ1v) is 16.1. The average Bonchev–Trinajstić information content (AvgIpc) is 3.28. The van der Waals surface area contributed by atoms with Gasteiger partial charge in [0, 0.05) is 29.0 Å². The molecule has 0 amide bonds. The highest BCUT2D eigenvalue weighted by atomic mass is 35.5. The van der Waals surface area contributed by atoms with Crippen molar-refractivity contribution < 1.29 is 27.2 Å². The predicted octanol–water partition coefficient (Wildman–Crippen LogP) is 8.00. The maximum absolute atomic E-state index is 13.4. The van der Waals surface area contributed by atoms with Crippen LogP contribution in [0.3, 0.4) is 0 Å². The minimum atomic E-state index is -3.89. The Kier molecular flexibility index (Phi) is 17.1. The molecule has 9 nitrogen and oxygen atoms in total. The summed E-state index contributed by atoms with van der Waals surface area (Å²) in [6, 6.07) is 4.44. The highest BCUT2D eigenvalue weighted by molar-refractivity contribution is 7.48. The van der Waals surface area contributed by atoms with Gasteiger partial charge in [-0.05, 0) is 53.0 Å². The van der Waals surface area contributed by atoms with Crippen molar-refractivity contribution in [3.63, 3.8) is 0 Å². The number of hydrogen-bond acceptors (Lipinski definition) is 9. The molecular formula is C26H44ClN3O6P2. The first-order valence-electron chi connectivity index (χ1n) is 13.1. The van der Waals surface area contributed by atoms with Crippen LogP contribution in [-0.2, 0) is 27.2 Å². The average molecular weight is 592 g/mol. The number of hydrogen-bond donors (Lipinski definition) is 0. The fourth-order valence-electron chi connectivity index (χ4n) is 3.51. The van der Waals surface area contributed by atoms with Gasteiger partial charge in [0.05, 0.1) is 58.0 Å². The molecule has 216 valence electrons. The van der Waals surface area contributed by atoms with Gasteiger partial charge in [0.15, 0.2) is 0 Å². The lowest BCUT2D eigenvalue weighted by atomic mass is 9.90. The minimum absolute atomic E-state index is 0.0480. The molecule has 0 bridgehead atoms. The summed E-state index contributed by atoms with van der Waals surface area (Å²) < 4.78 is 44.7. The molecule has 1 aliphatic rings. The Morgan fingerprint density at radius 1 is 1.03 bits per heavy atom. The Balaban J connectivity index is 2.79. The largest absolute Gasteiger partial charge is 0.474 e. The van der Waals surface area contributed by atoms with E-state index in [1.54, 1.807) is 0 Å². The van der Waals surface area contributed by atoms with Crippen LogP contribution in [0.25, 0.3) is 0 Å². The number of halogens is 1. The molecule has 1 rings (SSSR count). The van der Waals surface area contributed by atoms with Gasteiger partial charge in [0.1, 0.15) is 0 Å². The van der Waals surface area contributed by atoms with Crippen LogP contribution in [0.15, 0.2) is 22.8 Å². The van der Waals surface area contributed by atoms with Gasteiger partial charge in [-0.15, -0.1) is 0 Å². The maximum atomic E-state index is 13.4. The first kappa shape index (κ1) is 35.2. The van der Waals surface area contributed by atoms with Gasteiger partial charge in [0.2, 0.25) is 0 Å². The maximum Gasteiger partial charge on any atom is 0.474 e. The molecule has 12 heteroatoms. The number of allylic oxidation sites excluding steroid dienone is 4. The summed E-state index contributed by atoms with van der Waals surface area (Å²) >= 11 is 6.02. The Hall–Kier alpha value is -0.830. The minimum Gasteiger partial charge on any atom is -0.321 e. The quantitative estimate of drug-likeness (QED) is 0.0966. The van der Waals surface area contributed by atoms with Crippen LogP contribution >= 0.6 is 27.9 Å². The summed E-state index contributed by atoms with van der Waals surface area (Å²) in [5.41, 5.74) is 0.689. The Bertz CT molecular complexity index is 894. The van der Waals surface area contributed by atoms with Crippen molar-refractivity contribution in [1.29, 1.82) is 10.5 Å². The van der Waals surface area contributed by atoms with Crippen LogP contribution in [0.1, 0.15) is 80.1 Å². The number of nitrogens with zero attached hydrogens (tertiary/aromatic N) is 3. The SMILES string of the molecule is CCC(C)(COP(OCCC#N)N(C(C)C)C(C)C)COP(=O)(OCCC#N)OCCCC1=CC=C(Cl)C1. The van der Waals surface area contributed by atoms with Gasteiger partial charge < -0.3 is 9.05 Å². The zero-order valence-corrected chi connectivity index (χ0v) is 26.2. The van der Waals surface area contributed by atoms with Gasteiger partial charge in [-0.2, -0.15) is 10.5 Å². The van der Waals surface area contributed by atoms with Crippen molar-refractivity contribution >= 4 is 27.9 Å². The molecule has 0 saturated heterocycles. The van der Waals surface area contributed by atoms with E-state index >= 15 is 0 Å². The molecule has 1 aliphatic carbocycles. The lowest BCUT2D eigenvalue weighted by Crippen LogP contribution is -2.35. The van der Waals surface area contributed by atoms with Crippen molar-refractivity contribution in [3.8, 4) is 12.1 Å². The van der Waals surface area contributed by atoms with E-state index in [1.165, 1.54) is 5.57 Å². The fourth-order valence-corrected chi connectivity index (χ4v) is 6.87. The highest BCUT2D eigenvalue weighted by Gasteiger charge is 2.35. The summed E-state index contributed by atoms with van der Waals surface area (Å²) in [5.74, 6) is 0. The normalized spacial score (nSPS) is 17.6. The summed E-state index contributed by atoms with van der Waals surface area (Å²) in [6.07, 6.45) is 7.04. The van der Waals surface area contributed by atoms with E-state index in [2.05, 4.69) is 38.4 Å². The van der Waals surface area contributed by atoms with Crippen molar-refractivity contribution in [2.75, 3.05) is 33.0 Å². The molecule has 0 fully saturated rings. The van der Waals surface area contributed by atoms with Gasteiger partial charge in [-0.25, -0.2) is 9.24 Å². The zero-order valence-electron chi connectivity index (χ0n) is 23.7. The van der Waals surface area contributed by atoms with E-state index in [4.69, 9.17) is 44.7 Å². The highest BCUT2D eigenvalue weighted by Crippen LogP contribution is 2.52. The third-order valence-corrected chi connectivity index (χ3v) is 9.62. The Morgan fingerprint density at radius 3 is 2.21 bits per heavy atom. The third kappa shape index (κ3) is 13.5. The summed E-state index contributed by atoms with van der Waals surface area (Å²) in [7, 11) is -5.30. The molecule has 0 radical (unpaired) electrons. The molecule has 0 aromatic carbocycles. The number of rotatable bonds is 21. The molecule has 38 heavy (non-hydrogen) atoms. The molecular weight excluding hydrogens is 548 g/mol.